The Morgan fingerprint density at radius 3 is 2.31 bits per heavy atom. The molecule has 4 rings (SSSR count). The molecule has 2 aromatic carbocycles. The molecule has 10 heteroatoms. The molecule has 0 spiro atoms. The highest BCUT2D eigenvalue weighted by Crippen LogP contribution is 2.46. The van der Waals surface area contributed by atoms with Crippen LogP contribution in [0.3, 0.4) is 0 Å². The molecule has 1 fully saturated rings. The zero-order valence-electron chi connectivity index (χ0n) is 16.8. The van der Waals surface area contributed by atoms with Gasteiger partial charge in [-0.05, 0) is 54.8 Å². The Bertz CT molecular complexity index is 1170. The number of carboxylic acid groups (broad SMARTS) is 1. The summed E-state index contributed by atoms with van der Waals surface area (Å²) in [6.45, 7) is 0. The number of carbonyl (C=O) groups is 2. The highest BCUT2D eigenvalue weighted by molar-refractivity contribution is 6.30. The third kappa shape index (κ3) is 4.16. The maximum absolute atomic E-state index is 13.7. The third-order valence-corrected chi connectivity index (χ3v) is 5.52. The number of rotatable bonds is 7. The number of ether oxygens (including phenoxy) is 1. The van der Waals surface area contributed by atoms with Gasteiger partial charge in [0.25, 0.3) is 12.3 Å². The van der Waals surface area contributed by atoms with E-state index < -0.39 is 29.5 Å². The van der Waals surface area contributed by atoms with Crippen LogP contribution in [0.25, 0.3) is 0 Å². The van der Waals surface area contributed by atoms with Gasteiger partial charge in [0.2, 0.25) is 5.88 Å². The Kier molecular flexibility index (Phi) is 5.60. The summed E-state index contributed by atoms with van der Waals surface area (Å²) in [5, 5.41) is 16.1. The van der Waals surface area contributed by atoms with E-state index in [1.807, 2.05) is 0 Å². The van der Waals surface area contributed by atoms with Crippen molar-refractivity contribution in [1.82, 2.24) is 15.1 Å². The zero-order chi connectivity index (χ0) is 23.0. The average molecular weight is 462 g/mol. The fourth-order valence-corrected chi connectivity index (χ4v) is 3.57. The number of alkyl halides is 2. The van der Waals surface area contributed by atoms with E-state index >= 15 is 0 Å². The summed E-state index contributed by atoms with van der Waals surface area (Å²) in [7, 11) is 1.41. The van der Waals surface area contributed by atoms with Crippen molar-refractivity contribution in [3.05, 3.63) is 75.9 Å². The fourth-order valence-electron chi connectivity index (χ4n) is 3.45. The summed E-state index contributed by atoms with van der Waals surface area (Å²) in [4.78, 5) is 24.2. The van der Waals surface area contributed by atoms with Crippen molar-refractivity contribution in [3.63, 3.8) is 0 Å². The van der Waals surface area contributed by atoms with E-state index in [4.69, 9.17) is 21.4 Å². The second-order valence-electron chi connectivity index (χ2n) is 7.46. The summed E-state index contributed by atoms with van der Waals surface area (Å²) >= 11 is 5.87. The Morgan fingerprint density at radius 2 is 1.78 bits per heavy atom. The van der Waals surface area contributed by atoms with E-state index in [-0.39, 0.29) is 17.0 Å². The van der Waals surface area contributed by atoms with Crippen LogP contribution in [0, 0.1) is 0 Å². The van der Waals surface area contributed by atoms with Crippen LogP contribution in [0.1, 0.15) is 51.2 Å². The molecule has 0 radical (unpaired) electrons. The molecule has 1 amide bonds. The number of nitrogens with one attached hydrogen (secondary N) is 1. The summed E-state index contributed by atoms with van der Waals surface area (Å²) < 4.78 is 34.2. The van der Waals surface area contributed by atoms with Crippen molar-refractivity contribution in [2.24, 2.45) is 7.05 Å². The monoisotopic (exact) mass is 461 g/mol. The molecule has 1 saturated carbocycles. The molecule has 1 aliphatic carbocycles. The molecule has 0 saturated heterocycles. The minimum atomic E-state index is -2.99. The lowest BCUT2D eigenvalue weighted by Gasteiger charge is -2.19. The Hall–Kier alpha value is -3.46. The van der Waals surface area contributed by atoms with Gasteiger partial charge < -0.3 is 15.2 Å². The molecule has 3 aromatic rings. The average Bonchev–Trinajstić information content (AvgIpc) is 3.46. The van der Waals surface area contributed by atoms with E-state index in [0.717, 1.165) is 4.68 Å². The lowest BCUT2D eigenvalue weighted by Crippen LogP contribution is -2.35. The standard InChI is InChI=1S/C22H18ClF2N3O4/c1-28-20(32-15-8-6-14(23)7-9-15)16(17(27-28)18(24)25)19(29)26-22(10-11-22)13-4-2-12(3-5-13)21(30)31/h2-9,18H,10-11H2,1H3,(H,26,29)(H,30,31). The van der Waals surface area contributed by atoms with Gasteiger partial charge in [-0.15, -0.1) is 0 Å². The number of carboxylic acids is 1. The molecule has 0 unspecified atom stereocenters. The first-order valence-electron chi connectivity index (χ1n) is 9.65. The Labute approximate surface area is 186 Å². The van der Waals surface area contributed by atoms with E-state index in [0.29, 0.717) is 29.2 Å². The summed E-state index contributed by atoms with van der Waals surface area (Å²) in [5.41, 5.74) is -1.00. The summed E-state index contributed by atoms with van der Waals surface area (Å²) in [5.74, 6) is -1.64. The molecule has 1 heterocycles. The predicted molar refractivity (Wildman–Crippen MR) is 111 cm³/mol. The number of halogens is 3. The number of aromatic carboxylic acids is 1. The summed E-state index contributed by atoms with van der Waals surface area (Å²) in [6.07, 6.45) is -1.82. The van der Waals surface area contributed by atoms with Crippen molar-refractivity contribution >= 4 is 23.5 Å². The molecule has 7 nitrogen and oxygen atoms in total. The number of hydrogen-bond acceptors (Lipinski definition) is 4. The second-order valence-corrected chi connectivity index (χ2v) is 7.90. The van der Waals surface area contributed by atoms with Gasteiger partial charge >= 0.3 is 5.97 Å². The SMILES string of the molecule is Cn1nc(C(F)F)c(C(=O)NC2(c3ccc(C(=O)O)cc3)CC2)c1Oc1ccc(Cl)cc1. The normalized spacial score (nSPS) is 14.3. The van der Waals surface area contributed by atoms with Crippen LogP contribution in [0.5, 0.6) is 11.6 Å². The Balaban J connectivity index is 1.65. The van der Waals surface area contributed by atoms with E-state index in [2.05, 4.69) is 10.4 Å². The zero-order valence-corrected chi connectivity index (χ0v) is 17.6. The molecular weight excluding hydrogens is 444 g/mol. The minimum absolute atomic E-state index is 0.113. The van der Waals surface area contributed by atoms with E-state index in [9.17, 15) is 18.4 Å². The highest BCUT2D eigenvalue weighted by atomic mass is 35.5. The first kappa shape index (κ1) is 21.8. The van der Waals surface area contributed by atoms with E-state index in [1.165, 1.54) is 19.2 Å². The molecule has 2 N–H and O–H groups in total. The first-order valence-corrected chi connectivity index (χ1v) is 10.0. The van der Waals surface area contributed by atoms with Crippen LogP contribution in [-0.4, -0.2) is 26.8 Å². The van der Waals surface area contributed by atoms with Crippen LogP contribution in [-0.2, 0) is 12.6 Å². The maximum atomic E-state index is 13.7. The number of nitrogens with zero attached hydrogens (tertiary/aromatic N) is 2. The van der Waals surface area contributed by atoms with Gasteiger partial charge in [-0.2, -0.15) is 5.10 Å². The largest absolute Gasteiger partial charge is 0.478 e. The predicted octanol–water partition coefficient (Wildman–Crippen LogP) is 4.92. The van der Waals surface area contributed by atoms with Crippen molar-refractivity contribution < 1.29 is 28.2 Å². The van der Waals surface area contributed by atoms with E-state index in [1.54, 1.807) is 36.4 Å². The Morgan fingerprint density at radius 1 is 1.16 bits per heavy atom. The fraction of sp³-hybridized carbons (Fsp3) is 0.227. The molecule has 1 aromatic heterocycles. The lowest BCUT2D eigenvalue weighted by atomic mass is 10.0. The topological polar surface area (TPSA) is 93.5 Å². The van der Waals surface area contributed by atoms with Crippen LogP contribution in [0.15, 0.2) is 48.5 Å². The van der Waals surface area contributed by atoms with Gasteiger partial charge in [-0.3, -0.25) is 4.79 Å². The minimum Gasteiger partial charge on any atom is -0.478 e. The molecule has 0 atom stereocenters. The highest BCUT2D eigenvalue weighted by Gasteiger charge is 2.47. The molecule has 0 bridgehead atoms. The van der Waals surface area contributed by atoms with Gasteiger partial charge in [-0.1, -0.05) is 23.7 Å². The molecule has 0 aliphatic heterocycles. The van der Waals surface area contributed by atoms with Crippen LogP contribution in [0.4, 0.5) is 8.78 Å². The number of amides is 1. The van der Waals surface area contributed by atoms with Gasteiger partial charge in [0.15, 0.2) is 0 Å². The number of benzene rings is 2. The molecule has 32 heavy (non-hydrogen) atoms. The molecule has 1 aliphatic rings. The van der Waals surface area contributed by atoms with Gasteiger partial charge in [0.1, 0.15) is 17.0 Å². The first-order chi connectivity index (χ1) is 15.2. The quantitative estimate of drug-likeness (QED) is 0.521. The van der Waals surface area contributed by atoms with Crippen molar-refractivity contribution in [2.75, 3.05) is 0 Å². The number of aromatic nitrogens is 2. The smallest absolute Gasteiger partial charge is 0.335 e. The lowest BCUT2D eigenvalue weighted by molar-refractivity contribution is 0.0696. The van der Waals surface area contributed by atoms with Crippen LogP contribution >= 0.6 is 11.6 Å². The summed E-state index contributed by atoms with van der Waals surface area (Å²) in [6, 6.07) is 12.3. The number of carbonyl (C=O) groups excluding carboxylic acids is 1. The third-order valence-electron chi connectivity index (χ3n) is 5.27. The number of aryl methyl sites for hydroxylation is 1. The van der Waals surface area contributed by atoms with Crippen LogP contribution < -0.4 is 10.1 Å². The maximum Gasteiger partial charge on any atom is 0.335 e. The van der Waals surface area contributed by atoms with Crippen LogP contribution in [0.2, 0.25) is 5.02 Å². The van der Waals surface area contributed by atoms with Gasteiger partial charge in [0, 0.05) is 12.1 Å². The number of hydrogen-bond donors (Lipinski definition) is 2. The second kappa shape index (κ2) is 8.23. The van der Waals surface area contributed by atoms with Crippen molar-refractivity contribution in [1.29, 1.82) is 0 Å². The van der Waals surface area contributed by atoms with Gasteiger partial charge in [0.05, 0.1) is 11.1 Å². The van der Waals surface area contributed by atoms with Gasteiger partial charge in [-0.25, -0.2) is 18.3 Å². The molecule has 166 valence electrons. The van der Waals surface area contributed by atoms with Crippen molar-refractivity contribution in [2.45, 2.75) is 24.8 Å². The molecular formula is C22H18ClF2N3O4. The van der Waals surface area contributed by atoms with Crippen molar-refractivity contribution in [3.8, 4) is 11.6 Å².